The summed E-state index contributed by atoms with van der Waals surface area (Å²) in [6.07, 6.45) is 0. The zero-order chi connectivity index (χ0) is 12.0. The monoisotopic (exact) mass is 225 g/mol. The van der Waals surface area contributed by atoms with Gasteiger partial charge in [-0.25, -0.2) is 4.79 Å². The van der Waals surface area contributed by atoms with Crippen molar-refractivity contribution < 1.29 is 19.0 Å². The van der Waals surface area contributed by atoms with E-state index in [-0.39, 0.29) is 6.79 Å². The summed E-state index contributed by atoms with van der Waals surface area (Å²) in [5.74, 6) is 0.0300. The molecule has 0 aliphatic heterocycles. The van der Waals surface area contributed by atoms with E-state index >= 15 is 0 Å². The predicted molar refractivity (Wildman–Crippen MR) is 59.3 cm³/mol. The predicted octanol–water partition coefficient (Wildman–Crippen LogP) is 1.43. The van der Waals surface area contributed by atoms with E-state index in [1.54, 1.807) is 12.1 Å². The van der Waals surface area contributed by atoms with Crippen LogP contribution in [0.25, 0.3) is 0 Å². The molecule has 0 saturated carbocycles. The van der Waals surface area contributed by atoms with Crippen LogP contribution in [0.1, 0.15) is 17.3 Å². The first-order chi connectivity index (χ1) is 7.67. The molecule has 0 amide bonds. The number of rotatable bonds is 5. The summed E-state index contributed by atoms with van der Waals surface area (Å²) in [6, 6.07) is 4.71. The zero-order valence-corrected chi connectivity index (χ0v) is 9.36. The molecule has 1 rings (SSSR count). The Morgan fingerprint density at radius 2 is 2.12 bits per heavy atom. The lowest BCUT2D eigenvalue weighted by Gasteiger charge is -2.07. The number of methoxy groups -OCH3 is 1. The van der Waals surface area contributed by atoms with Gasteiger partial charge in [-0.15, -0.1) is 0 Å². The largest absolute Gasteiger partial charge is 0.497 e. The van der Waals surface area contributed by atoms with Gasteiger partial charge < -0.3 is 19.9 Å². The van der Waals surface area contributed by atoms with Gasteiger partial charge in [0.25, 0.3) is 0 Å². The van der Waals surface area contributed by atoms with Crippen molar-refractivity contribution in [1.82, 2.24) is 0 Å². The third-order valence-electron chi connectivity index (χ3n) is 1.88. The number of hydrogen-bond donors (Lipinski definition) is 1. The number of carbonyl (C=O) groups is 1. The molecule has 1 aromatic rings. The molecule has 0 saturated heterocycles. The molecule has 0 heterocycles. The smallest absolute Gasteiger partial charge is 0.340 e. The van der Waals surface area contributed by atoms with Crippen LogP contribution in [0, 0.1) is 0 Å². The second kappa shape index (κ2) is 5.97. The highest BCUT2D eigenvalue weighted by atomic mass is 16.7. The SMILES string of the molecule is CCOCOC(=O)c1cc(N)cc(OC)c1. The molecule has 0 unspecified atom stereocenters. The minimum Gasteiger partial charge on any atom is -0.497 e. The van der Waals surface area contributed by atoms with E-state index in [0.29, 0.717) is 23.6 Å². The number of anilines is 1. The van der Waals surface area contributed by atoms with Crippen molar-refractivity contribution in [3.05, 3.63) is 23.8 Å². The van der Waals surface area contributed by atoms with Crippen molar-refractivity contribution in [3.63, 3.8) is 0 Å². The number of ether oxygens (including phenoxy) is 3. The molecular formula is C11H15NO4. The van der Waals surface area contributed by atoms with Gasteiger partial charge in [-0.05, 0) is 19.1 Å². The Balaban J connectivity index is 2.71. The fourth-order valence-corrected chi connectivity index (χ4v) is 1.12. The van der Waals surface area contributed by atoms with Crippen LogP contribution < -0.4 is 10.5 Å². The summed E-state index contributed by atoms with van der Waals surface area (Å²) < 4.78 is 14.8. The molecule has 0 aromatic heterocycles. The fourth-order valence-electron chi connectivity index (χ4n) is 1.12. The second-order valence-corrected chi connectivity index (χ2v) is 3.04. The Bertz CT molecular complexity index is 365. The highest BCUT2D eigenvalue weighted by molar-refractivity contribution is 5.91. The molecule has 0 bridgehead atoms. The van der Waals surface area contributed by atoms with Crippen LogP contribution >= 0.6 is 0 Å². The Kier molecular flexibility index (Phi) is 4.60. The summed E-state index contributed by atoms with van der Waals surface area (Å²) in [5.41, 5.74) is 6.40. The molecule has 0 fully saturated rings. The van der Waals surface area contributed by atoms with Gasteiger partial charge in [-0.1, -0.05) is 0 Å². The van der Waals surface area contributed by atoms with Crippen LogP contribution in [0.5, 0.6) is 5.75 Å². The van der Waals surface area contributed by atoms with Gasteiger partial charge in [0.2, 0.25) is 0 Å². The quantitative estimate of drug-likeness (QED) is 0.355. The van der Waals surface area contributed by atoms with E-state index in [2.05, 4.69) is 0 Å². The lowest BCUT2D eigenvalue weighted by Crippen LogP contribution is -2.09. The summed E-state index contributed by atoms with van der Waals surface area (Å²) >= 11 is 0. The standard InChI is InChI=1S/C11H15NO4/c1-3-15-7-16-11(13)8-4-9(12)6-10(5-8)14-2/h4-6H,3,7,12H2,1-2H3. The van der Waals surface area contributed by atoms with E-state index in [1.165, 1.54) is 13.2 Å². The van der Waals surface area contributed by atoms with Gasteiger partial charge in [0.1, 0.15) is 5.75 Å². The zero-order valence-electron chi connectivity index (χ0n) is 9.36. The third-order valence-corrected chi connectivity index (χ3v) is 1.88. The summed E-state index contributed by atoms with van der Waals surface area (Å²) in [5, 5.41) is 0. The second-order valence-electron chi connectivity index (χ2n) is 3.04. The molecule has 0 atom stereocenters. The number of hydrogen-bond acceptors (Lipinski definition) is 5. The molecule has 0 aliphatic rings. The molecule has 0 radical (unpaired) electrons. The molecule has 16 heavy (non-hydrogen) atoms. The maximum absolute atomic E-state index is 11.5. The normalized spacial score (nSPS) is 9.88. The van der Waals surface area contributed by atoms with Crippen LogP contribution in [0.2, 0.25) is 0 Å². The molecule has 88 valence electrons. The molecule has 0 spiro atoms. The van der Waals surface area contributed by atoms with Gasteiger partial charge in [-0.3, -0.25) is 0 Å². The lowest BCUT2D eigenvalue weighted by molar-refractivity contribution is -0.0274. The maximum Gasteiger partial charge on any atom is 0.340 e. The van der Waals surface area contributed by atoms with Crippen LogP contribution in [-0.2, 0) is 9.47 Å². The van der Waals surface area contributed by atoms with Gasteiger partial charge >= 0.3 is 5.97 Å². The van der Waals surface area contributed by atoms with Crippen LogP contribution in [0.15, 0.2) is 18.2 Å². The van der Waals surface area contributed by atoms with Crippen LogP contribution in [0.4, 0.5) is 5.69 Å². The maximum atomic E-state index is 11.5. The Morgan fingerprint density at radius 1 is 1.38 bits per heavy atom. The van der Waals surface area contributed by atoms with E-state index in [0.717, 1.165) is 0 Å². The minimum absolute atomic E-state index is 0.0630. The van der Waals surface area contributed by atoms with Gasteiger partial charge in [-0.2, -0.15) is 0 Å². The number of benzene rings is 1. The van der Waals surface area contributed by atoms with Gasteiger partial charge in [0.15, 0.2) is 6.79 Å². The molecule has 5 nitrogen and oxygen atoms in total. The van der Waals surface area contributed by atoms with Crippen molar-refractivity contribution in [2.45, 2.75) is 6.92 Å². The highest BCUT2D eigenvalue weighted by Gasteiger charge is 2.09. The first kappa shape index (κ1) is 12.3. The van der Waals surface area contributed by atoms with E-state index in [9.17, 15) is 4.79 Å². The Labute approximate surface area is 94.1 Å². The number of nitrogen functional groups attached to an aromatic ring is 1. The van der Waals surface area contributed by atoms with Crippen LogP contribution in [-0.4, -0.2) is 26.5 Å². The first-order valence-corrected chi connectivity index (χ1v) is 4.86. The van der Waals surface area contributed by atoms with Crippen molar-refractivity contribution in [3.8, 4) is 5.75 Å². The highest BCUT2D eigenvalue weighted by Crippen LogP contribution is 2.18. The van der Waals surface area contributed by atoms with E-state index < -0.39 is 5.97 Å². The minimum atomic E-state index is -0.487. The van der Waals surface area contributed by atoms with Gasteiger partial charge in [0, 0.05) is 18.4 Å². The van der Waals surface area contributed by atoms with Crippen molar-refractivity contribution >= 4 is 11.7 Å². The van der Waals surface area contributed by atoms with Crippen molar-refractivity contribution in [2.24, 2.45) is 0 Å². The molecule has 0 aliphatic carbocycles. The molecule has 1 aromatic carbocycles. The topological polar surface area (TPSA) is 70.8 Å². The number of carbonyl (C=O) groups excluding carboxylic acids is 1. The third kappa shape index (κ3) is 3.43. The van der Waals surface area contributed by atoms with Crippen molar-refractivity contribution in [2.75, 3.05) is 26.2 Å². The van der Waals surface area contributed by atoms with E-state index in [4.69, 9.17) is 19.9 Å². The van der Waals surface area contributed by atoms with Gasteiger partial charge in [0.05, 0.1) is 12.7 Å². The molecular weight excluding hydrogens is 210 g/mol. The number of esters is 1. The van der Waals surface area contributed by atoms with E-state index in [1.807, 2.05) is 6.92 Å². The lowest BCUT2D eigenvalue weighted by atomic mass is 10.2. The summed E-state index contributed by atoms with van der Waals surface area (Å²) in [7, 11) is 1.50. The summed E-state index contributed by atoms with van der Waals surface area (Å²) in [4.78, 5) is 11.5. The Hall–Kier alpha value is -1.75. The average molecular weight is 225 g/mol. The molecule has 2 N–H and O–H groups in total. The van der Waals surface area contributed by atoms with Crippen LogP contribution in [0.3, 0.4) is 0 Å². The number of nitrogens with two attached hydrogens (primary N) is 1. The van der Waals surface area contributed by atoms with Crippen molar-refractivity contribution in [1.29, 1.82) is 0 Å². The fraction of sp³-hybridized carbons (Fsp3) is 0.364. The average Bonchev–Trinajstić information content (AvgIpc) is 2.28. The summed E-state index contributed by atoms with van der Waals surface area (Å²) in [6.45, 7) is 2.25. The Morgan fingerprint density at radius 3 is 2.75 bits per heavy atom. The molecule has 5 heteroatoms. The first-order valence-electron chi connectivity index (χ1n) is 4.86.